The zero-order valence-electron chi connectivity index (χ0n) is 15.6. The second kappa shape index (κ2) is 7.01. The van der Waals surface area contributed by atoms with E-state index in [1.54, 1.807) is 4.57 Å². The number of hydrogen-bond donors (Lipinski definition) is 2. The van der Waals surface area contributed by atoms with Crippen molar-refractivity contribution >= 4 is 11.0 Å². The number of aromatic amines is 1. The van der Waals surface area contributed by atoms with E-state index in [4.69, 9.17) is 0 Å². The molecule has 0 aromatic heterocycles. The van der Waals surface area contributed by atoms with Crippen LogP contribution in [0.25, 0.3) is 22.6 Å². The molecule has 28 heavy (non-hydrogen) atoms. The van der Waals surface area contributed by atoms with Gasteiger partial charge in [0.1, 0.15) is 0 Å². The van der Waals surface area contributed by atoms with Crippen molar-refractivity contribution in [1.29, 1.82) is 0 Å². The molecule has 2 aromatic rings. The first-order valence-electron chi connectivity index (χ1n) is 9.09. The number of aliphatic hydroxyl groups excluding tert-OH is 1. The maximum Gasteiger partial charge on any atom is 0.349 e. The molecule has 0 fully saturated rings. The Morgan fingerprint density at radius 1 is 1.07 bits per heavy atom. The Labute approximate surface area is 160 Å². The molecule has 0 spiro atoms. The summed E-state index contributed by atoms with van der Waals surface area (Å²) in [6.07, 6.45) is -0.273. The first kappa shape index (κ1) is 18.1. The normalized spacial score (nSPS) is 12.5. The van der Waals surface area contributed by atoms with Crippen LogP contribution in [0.2, 0.25) is 0 Å². The average Bonchev–Trinajstić information content (AvgIpc) is 2.67. The minimum absolute atomic E-state index is 0.115. The number of H-pyrrole nitrogens is 1. The van der Waals surface area contributed by atoms with E-state index in [1.807, 2.05) is 56.3 Å². The van der Waals surface area contributed by atoms with E-state index in [2.05, 4.69) is 15.0 Å². The molecule has 142 valence electrons. The fourth-order valence-corrected chi connectivity index (χ4v) is 3.37. The van der Waals surface area contributed by atoms with Crippen molar-refractivity contribution in [3.8, 4) is 11.5 Å². The van der Waals surface area contributed by atoms with Crippen LogP contribution < -0.4 is 11.2 Å². The van der Waals surface area contributed by atoms with Gasteiger partial charge in [-0.05, 0) is 49.1 Å². The summed E-state index contributed by atoms with van der Waals surface area (Å²) in [5, 5.41) is 10.6. The SMILES string of the molecule is Cc1cc2nc3c(=O)[nH]c(=O)nc-3n(CCC(O)c3ccccc3)c2cc1C. The standard InChI is InChI=1S/C21H20N4O3/c1-12-10-15-16(11-13(12)2)25(9-8-17(26)14-6-4-3-5-7-14)19-18(22-15)20(27)24-21(28)23-19/h3-7,10-11,17,26H,8-9H2,1-2H3,(H,24,27,28). The van der Waals surface area contributed by atoms with Crippen molar-refractivity contribution in [2.45, 2.75) is 32.9 Å². The third kappa shape index (κ3) is 3.20. The predicted molar refractivity (Wildman–Crippen MR) is 107 cm³/mol. The largest absolute Gasteiger partial charge is 0.388 e. The van der Waals surface area contributed by atoms with E-state index in [0.29, 0.717) is 18.5 Å². The highest BCUT2D eigenvalue weighted by molar-refractivity contribution is 5.81. The lowest BCUT2D eigenvalue weighted by Crippen LogP contribution is -2.29. The third-order valence-corrected chi connectivity index (χ3v) is 5.03. The molecular formula is C21H20N4O3. The van der Waals surface area contributed by atoms with Gasteiger partial charge >= 0.3 is 5.69 Å². The first-order chi connectivity index (χ1) is 13.4. The lowest BCUT2D eigenvalue weighted by atomic mass is 10.1. The number of nitrogens with zero attached hydrogens (tertiary/aromatic N) is 3. The Morgan fingerprint density at radius 2 is 1.79 bits per heavy atom. The Hall–Kier alpha value is -3.32. The quantitative estimate of drug-likeness (QED) is 0.532. The van der Waals surface area contributed by atoms with E-state index in [1.165, 1.54) is 0 Å². The summed E-state index contributed by atoms with van der Waals surface area (Å²) < 4.78 is 1.80. The van der Waals surface area contributed by atoms with Gasteiger partial charge in [0, 0.05) is 6.54 Å². The van der Waals surface area contributed by atoms with Crippen LogP contribution in [0.5, 0.6) is 0 Å². The number of rotatable bonds is 4. The Bertz CT molecular complexity index is 1240. The number of hydrogen-bond acceptors (Lipinski definition) is 5. The van der Waals surface area contributed by atoms with E-state index in [9.17, 15) is 14.7 Å². The van der Waals surface area contributed by atoms with Gasteiger partial charge in [0.25, 0.3) is 5.56 Å². The minimum Gasteiger partial charge on any atom is -0.388 e. The summed E-state index contributed by atoms with van der Waals surface area (Å²) in [6, 6.07) is 13.3. The molecular weight excluding hydrogens is 356 g/mol. The monoisotopic (exact) mass is 376 g/mol. The van der Waals surface area contributed by atoms with Gasteiger partial charge in [-0.25, -0.2) is 9.78 Å². The van der Waals surface area contributed by atoms with Gasteiger partial charge in [-0.3, -0.25) is 9.78 Å². The number of aromatic nitrogens is 4. The summed E-state index contributed by atoms with van der Waals surface area (Å²) in [6.45, 7) is 4.35. The minimum atomic E-state index is -0.708. The fraction of sp³-hybridized carbons (Fsp3) is 0.238. The van der Waals surface area contributed by atoms with Crippen molar-refractivity contribution in [2.75, 3.05) is 0 Å². The smallest absolute Gasteiger partial charge is 0.349 e. The van der Waals surface area contributed by atoms with Crippen LogP contribution in [0.1, 0.15) is 29.2 Å². The molecule has 7 heteroatoms. The molecule has 4 rings (SSSR count). The van der Waals surface area contributed by atoms with Crippen LogP contribution in [0.3, 0.4) is 0 Å². The number of benzene rings is 2. The Balaban J connectivity index is 1.87. The molecule has 0 bridgehead atoms. The molecule has 0 radical (unpaired) electrons. The molecule has 2 heterocycles. The molecule has 1 unspecified atom stereocenters. The van der Waals surface area contributed by atoms with Crippen molar-refractivity contribution in [3.63, 3.8) is 0 Å². The predicted octanol–water partition coefficient (Wildman–Crippen LogP) is 2.33. The Morgan fingerprint density at radius 3 is 2.54 bits per heavy atom. The molecule has 2 aliphatic heterocycles. The first-order valence-corrected chi connectivity index (χ1v) is 9.09. The Kier molecular flexibility index (Phi) is 4.52. The third-order valence-electron chi connectivity index (χ3n) is 5.03. The van der Waals surface area contributed by atoms with E-state index < -0.39 is 17.4 Å². The van der Waals surface area contributed by atoms with E-state index >= 15 is 0 Å². The molecule has 0 aliphatic carbocycles. The van der Waals surface area contributed by atoms with Crippen LogP contribution in [0.15, 0.2) is 52.1 Å². The van der Waals surface area contributed by atoms with Crippen molar-refractivity contribution in [3.05, 3.63) is 80.0 Å². The summed E-state index contributed by atoms with van der Waals surface area (Å²) in [7, 11) is 0. The molecule has 0 saturated heterocycles. The summed E-state index contributed by atoms with van der Waals surface area (Å²) in [5.74, 6) is 0.227. The van der Waals surface area contributed by atoms with E-state index in [0.717, 1.165) is 22.2 Å². The molecule has 0 amide bonds. The second-order valence-electron chi connectivity index (χ2n) is 6.95. The highest BCUT2D eigenvalue weighted by Crippen LogP contribution is 2.25. The molecule has 0 saturated carbocycles. The maximum absolute atomic E-state index is 12.3. The van der Waals surface area contributed by atoms with Crippen molar-refractivity contribution in [1.82, 2.24) is 19.5 Å². The van der Waals surface area contributed by atoms with Crippen molar-refractivity contribution < 1.29 is 5.11 Å². The topological polar surface area (TPSA) is 101 Å². The summed E-state index contributed by atoms with van der Waals surface area (Å²) >= 11 is 0. The van der Waals surface area contributed by atoms with Gasteiger partial charge in [-0.15, -0.1) is 0 Å². The second-order valence-corrected chi connectivity index (χ2v) is 6.95. The van der Waals surface area contributed by atoms with Gasteiger partial charge < -0.3 is 9.67 Å². The van der Waals surface area contributed by atoms with Crippen molar-refractivity contribution in [2.24, 2.45) is 0 Å². The lowest BCUT2D eigenvalue weighted by Gasteiger charge is -2.19. The molecule has 7 nitrogen and oxygen atoms in total. The van der Waals surface area contributed by atoms with Gasteiger partial charge in [0.2, 0.25) is 0 Å². The van der Waals surface area contributed by atoms with Crippen LogP contribution in [-0.4, -0.2) is 24.6 Å². The van der Waals surface area contributed by atoms with Crippen LogP contribution in [0, 0.1) is 13.8 Å². The maximum atomic E-state index is 12.3. The zero-order chi connectivity index (χ0) is 19.8. The van der Waals surface area contributed by atoms with Gasteiger partial charge in [0.05, 0.1) is 17.1 Å². The lowest BCUT2D eigenvalue weighted by molar-refractivity contribution is 0.161. The van der Waals surface area contributed by atoms with Gasteiger partial charge in [-0.2, -0.15) is 4.98 Å². The van der Waals surface area contributed by atoms with Gasteiger partial charge in [0.15, 0.2) is 11.5 Å². The average molecular weight is 376 g/mol. The summed E-state index contributed by atoms with van der Waals surface area (Å²) in [4.78, 5) is 34.7. The zero-order valence-corrected chi connectivity index (χ0v) is 15.6. The number of aliphatic hydroxyl groups is 1. The number of aryl methyl sites for hydroxylation is 3. The number of fused-ring (bicyclic) bond motifs is 2. The number of nitrogens with one attached hydrogen (secondary N) is 1. The molecule has 1 atom stereocenters. The molecule has 2 aliphatic rings. The van der Waals surface area contributed by atoms with E-state index in [-0.39, 0.29) is 11.5 Å². The molecule has 2 aromatic carbocycles. The fourth-order valence-electron chi connectivity index (χ4n) is 3.37. The van der Waals surface area contributed by atoms with Crippen LogP contribution >= 0.6 is 0 Å². The highest BCUT2D eigenvalue weighted by atomic mass is 16.3. The van der Waals surface area contributed by atoms with Gasteiger partial charge in [-0.1, -0.05) is 30.3 Å². The van der Waals surface area contributed by atoms with Crippen LogP contribution in [-0.2, 0) is 6.54 Å². The van der Waals surface area contributed by atoms with Crippen LogP contribution in [0.4, 0.5) is 0 Å². The molecule has 2 N–H and O–H groups in total. The highest BCUT2D eigenvalue weighted by Gasteiger charge is 2.20. The summed E-state index contributed by atoms with van der Waals surface area (Å²) in [5.41, 5.74) is 3.20.